The van der Waals surface area contributed by atoms with Crippen LogP contribution in [0.2, 0.25) is 0 Å². The summed E-state index contributed by atoms with van der Waals surface area (Å²) in [4.78, 5) is 5.26. The molecule has 0 aromatic heterocycles. The van der Waals surface area contributed by atoms with Crippen LogP contribution in [0.15, 0.2) is 24.3 Å². The second-order valence-corrected chi connectivity index (χ2v) is 5.80. The Bertz CT molecular complexity index is 434. The largest absolute Gasteiger partial charge is 0.378 e. The van der Waals surface area contributed by atoms with Crippen molar-refractivity contribution in [2.24, 2.45) is 0 Å². The van der Waals surface area contributed by atoms with E-state index in [0.29, 0.717) is 0 Å². The van der Waals surface area contributed by atoms with Crippen LogP contribution >= 0.6 is 12.2 Å². The zero-order valence-corrected chi connectivity index (χ0v) is 12.9. The fourth-order valence-electron chi connectivity index (χ4n) is 2.43. The van der Waals surface area contributed by atoms with Crippen LogP contribution in [0.25, 0.3) is 0 Å². The summed E-state index contributed by atoms with van der Waals surface area (Å²) in [7, 11) is 4.08. The summed E-state index contributed by atoms with van der Waals surface area (Å²) in [5.41, 5.74) is 2.30. The molecule has 0 bridgehead atoms. The third-order valence-electron chi connectivity index (χ3n) is 3.34. The Morgan fingerprint density at radius 2 is 1.68 bits per heavy atom. The van der Waals surface area contributed by atoms with Gasteiger partial charge in [-0.3, -0.25) is 0 Å². The quantitative estimate of drug-likeness (QED) is 0.772. The molecule has 1 aliphatic heterocycles. The van der Waals surface area contributed by atoms with Gasteiger partial charge in [0, 0.05) is 38.4 Å². The normalized spacial score (nSPS) is 23.3. The van der Waals surface area contributed by atoms with Crippen molar-refractivity contribution in [3.05, 3.63) is 29.8 Å². The fourth-order valence-corrected chi connectivity index (χ4v) is 2.71. The van der Waals surface area contributed by atoms with E-state index in [1.54, 1.807) is 0 Å². The molecule has 104 valence electrons. The van der Waals surface area contributed by atoms with E-state index < -0.39 is 0 Å². The van der Waals surface area contributed by atoms with E-state index in [-0.39, 0.29) is 12.2 Å². The van der Waals surface area contributed by atoms with Crippen LogP contribution in [0, 0.1) is 0 Å². The van der Waals surface area contributed by atoms with Gasteiger partial charge in [0.15, 0.2) is 0 Å². The number of anilines is 1. The average molecular weight is 278 g/mol. The predicted octanol–water partition coefficient (Wildman–Crippen LogP) is 2.54. The molecule has 19 heavy (non-hydrogen) atoms. The molecule has 1 aromatic carbocycles. The summed E-state index contributed by atoms with van der Waals surface area (Å²) in [6.07, 6.45) is 0.477. The molecular weight excluding hydrogens is 256 g/mol. The molecule has 2 atom stereocenters. The first kappa shape index (κ1) is 14.3. The van der Waals surface area contributed by atoms with Crippen LogP contribution in [0.4, 0.5) is 5.69 Å². The van der Waals surface area contributed by atoms with Gasteiger partial charge in [-0.05, 0) is 38.1 Å². The Hall–Kier alpha value is -1.13. The Morgan fingerprint density at radius 1 is 1.16 bits per heavy atom. The topological polar surface area (TPSA) is 15.7 Å². The van der Waals surface area contributed by atoms with E-state index >= 15 is 0 Å². The first-order valence-electron chi connectivity index (χ1n) is 6.69. The molecule has 1 fully saturated rings. The zero-order valence-electron chi connectivity index (χ0n) is 12.1. The van der Waals surface area contributed by atoms with Crippen molar-refractivity contribution in [2.45, 2.75) is 26.1 Å². The van der Waals surface area contributed by atoms with E-state index in [2.05, 4.69) is 47.9 Å². The lowest BCUT2D eigenvalue weighted by Gasteiger charge is -2.37. The second-order valence-electron chi connectivity index (χ2n) is 5.41. The smallest absolute Gasteiger partial charge is 0.109 e. The summed E-state index contributed by atoms with van der Waals surface area (Å²) in [5, 5.41) is 0. The Labute approximate surface area is 121 Å². The minimum atomic E-state index is 0.239. The highest BCUT2D eigenvalue weighted by Crippen LogP contribution is 2.18. The molecule has 0 N–H and O–H groups in total. The summed E-state index contributed by atoms with van der Waals surface area (Å²) >= 11 is 5.61. The fraction of sp³-hybridized carbons (Fsp3) is 0.533. The Morgan fingerprint density at radius 3 is 2.16 bits per heavy atom. The molecule has 1 aromatic rings. The molecule has 0 saturated carbocycles. The summed E-state index contributed by atoms with van der Waals surface area (Å²) in [5.74, 6) is 0. The van der Waals surface area contributed by atoms with Gasteiger partial charge in [0.2, 0.25) is 0 Å². The van der Waals surface area contributed by atoms with E-state index in [0.717, 1.165) is 23.6 Å². The van der Waals surface area contributed by atoms with Crippen LogP contribution in [-0.4, -0.2) is 49.3 Å². The van der Waals surface area contributed by atoms with Crippen molar-refractivity contribution in [1.29, 1.82) is 0 Å². The van der Waals surface area contributed by atoms with Crippen molar-refractivity contribution < 1.29 is 4.74 Å². The third kappa shape index (κ3) is 3.45. The van der Waals surface area contributed by atoms with Crippen LogP contribution in [0.3, 0.4) is 0 Å². The lowest BCUT2D eigenvalue weighted by atomic mass is 10.1. The number of morpholine rings is 1. The molecule has 0 radical (unpaired) electrons. The van der Waals surface area contributed by atoms with E-state index in [1.165, 1.54) is 5.69 Å². The lowest BCUT2D eigenvalue weighted by Crippen LogP contribution is -2.47. The number of thiocarbonyl (C=S) groups is 1. The summed E-state index contributed by atoms with van der Waals surface area (Å²) < 4.78 is 5.75. The first-order chi connectivity index (χ1) is 8.97. The molecule has 1 aliphatic rings. The molecule has 3 nitrogen and oxygen atoms in total. The minimum absolute atomic E-state index is 0.239. The Balaban J connectivity index is 2.10. The van der Waals surface area contributed by atoms with Gasteiger partial charge in [0.05, 0.1) is 12.2 Å². The van der Waals surface area contributed by atoms with Gasteiger partial charge < -0.3 is 14.5 Å². The SMILES string of the molecule is CC1CN(C(=S)c2ccc(N(C)C)cc2)CC(C)O1. The molecule has 0 spiro atoms. The number of rotatable bonds is 2. The van der Waals surface area contributed by atoms with Gasteiger partial charge in [-0.25, -0.2) is 0 Å². The number of ether oxygens (including phenoxy) is 1. The number of nitrogens with zero attached hydrogens (tertiary/aromatic N) is 2. The van der Waals surface area contributed by atoms with Gasteiger partial charge in [-0.2, -0.15) is 0 Å². The van der Waals surface area contributed by atoms with Crippen LogP contribution in [0.1, 0.15) is 19.4 Å². The predicted molar refractivity (Wildman–Crippen MR) is 84.1 cm³/mol. The standard InChI is InChI=1S/C15H22N2OS/c1-11-9-17(10-12(2)18-11)15(19)13-5-7-14(8-6-13)16(3)4/h5-8,11-12H,9-10H2,1-4H3. The highest BCUT2D eigenvalue weighted by molar-refractivity contribution is 7.80. The van der Waals surface area contributed by atoms with Crippen molar-refractivity contribution >= 4 is 22.9 Å². The molecule has 2 unspecified atom stereocenters. The maximum atomic E-state index is 5.75. The summed E-state index contributed by atoms with van der Waals surface area (Å²) in [6.45, 7) is 5.94. The molecule has 2 rings (SSSR count). The maximum Gasteiger partial charge on any atom is 0.109 e. The third-order valence-corrected chi connectivity index (χ3v) is 3.83. The van der Waals surface area contributed by atoms with Gasteiger partial charge >= 0.3 is 0 Å². The molecule has 1 saturated heterocycles. The first-order valence-corrected chi connectivity index (χ1v) is 7.10. The van der Waals surface area contributed by atoms with Gasteiger partial charge in [-0.15, -0.1) is 0 Å². The number of benzene rings is 1. The van der Waals surface area contributed by atoms with Crippen molar-refractivity contribution in [3.63, 3.8) is 0 Å². The van der Waals surface area contributed by atoms with E-state index in [4.69, 9.17) is 17.0 Å². The van der Waals surface area contributed by atoms with Crippen LogP contribution < -0.4 is 4.90 Å². The monoisotopic (exact) mass is 278 g/mol. The maximum absolute atomic E-state index is 5.75. The van der Waals surface area contributed by atoms with E-state index in [1.807, 2.05) is 14.1 Å². The second kappa shape index (κ2) is 5.88. The molecular formula is C15H22N2OS. The average Bonchev–Trinajstić information content (AvgIpc) is 2.37. The van der Waals surface area contributed by atoms with Gasteiger partial charge in [0.25, 0.3) is 0 Å². The minimum Gasteiger partial charge on any atom is -0.378 e. The van der Waals surface area contributed by atoms with Crippen molar-refractivity contribution in [1.82, 2.24) is 4.90 Å². The zero-order chi connectivity index (χ0) is 14.0. The van der Waals surface area contributed by atoms with Crippen LogP contribution in [-0.2, 0) is 4.74 Å². The van der Waals surface area contributed by atoms with Crippen molar-refractivity contribution in [2.75, 3.05) is 32.1 Å². The highest BCUT2D eigenvalue weighted by Gasteiger charge is 2.24. The van der Waals surface area contributed by atoms with Gasteiger partial charge in [0.1, 0.15) is 4.99 Å². The molecule has 1 heterocycles. The van der Waals surface area contributed by atoms with Crippen LogP contribution in [0.5, 0.6) is 0 Å². The molecule has 0 amide bonds. The molecule has 4 heteroatoms. The summed E-state index contributed by atoms with van der Waals surface area (Å²) in [6, 6.07) is 8.41. The Kier molecular flexibility index (Phi) is 4.42. The highest BCUT2D eigenvalue weighted by atomic mass is 32.1. The van der Waals surface area contributed by atoms with Crippen molar-refractivity contribution in [3.8, 4) is 0 Å². The van der Waals surface area contributed by atoms with E-state index in [9.17, 15) is 0 Å². The van der Waals surface area contributed by atoms with Gasteiger partial charge in [-0.1, -0.05) is 12.2 Å². The lowest BCUT2D eigenvalue weighted by molar-refractivity contribution is -0.0472. The number of hydrogen-bond acceptors (Lipinski definition) is 3. The number of hydrogen-bond donors (Lipinski definition) is 0. The molecule has 0 aliphatic carbocycles.